The maximum Gasteiger partial charge on any atom is 0.460 e. The van der Waals surface area contributed by atoms with Crippen molar-refractivity contribution in [3.05, 3.63) is 0 Å². The summed E-state index contributed by atoms with van der Waals surface area (Å²) in [5, 5.41) is 7.35. The van der Waals surface area contributed by atoms with Crippen molar-refractivity contribution in [2.24, 2.45) is 27.0 Å². The lowest BCUT2D eigenvalue weighted by atomic mass is 10.2. The van der Waals surface area contributed by atoms with Crippen LogP contribution in [0.1, 0.15) is 14.9 Å². The van der Waals surface area contributed by atoms with Gasteiger partial charge in [-0.3, -0.25) is 0 Å². The van der Waals surface area contributed by atoms with Gasteiger partial charge in [0.2, 0.25) is 12.2 Å². The third-order valence-corrected chi connectivity index (χ3v) is 0.221. The third kappa shape index (κ3) is 203. The molecule has 0 saturated heterocycles. The predicted molar refractivity (Wildman–Crippen MR) is 60.0 cm³/mol. The predicted octanol–water partition coefficient (Wildman–Crippen LogP) is -1.78. The molecule has 0 rings (SSSR count). The van der Waals surface area contributed by atoms with E-state index in [9.17, 15) is 0 Å². The Bertz CT molecular complexity index is 150. The molecule has 0 fully saturated rings. The monoisotopic (exact) mass is 220 g/mol. The molecular weight excluding hydrogens is 201 g/mol. The maximum absolute atomic E-state index is 9.17. The van der Waals surface area contributed by atoms with E-state index >= 15 is 0 Å². The Kier molecular flexibility index (Phi) is 105. The molecule has 0 bridgehead atoms. The van der Waals surface area contributed by atoms with Crippen molar-refractivity contribution in [1.82, 2.24) is 0 Å². The number of rotatable bonds is 2. The molecule has 9 heteroatoms. The fraction of sp³-hybridized carbons (Fsp3) is 0.667. The molecule has 0 saturated carbocycles. The lowest BCUT2D eigenvalue weighted by Crippen LogP contribution is -2.08. The highest BCUT2D eigenvalue weighted by atomic mass is 16.3. The third-order valence-electron chi connectivity index (χ3n) is 0.221. The largest absolute Gasteiger partial charge is 0.460 e. The fourth-order valence-corrected chi connectivity index (χ4v) is 0.0760. The minimum atomic E-state index is -0.250. The molecule has 0 aliphatic heterocycles. The van der Waals surface area contributed by atoms with E-state index in [4.69, 9.17) is 14.7 Å². The van der Waals surface area contributed by atoms with Gasteiger partial charge in [-0.15, -0.1) is 0 Å². The fourth-order valence-electron chi connectivity index (χ4n) is 0.0760. The zero-order valence-corrected chi connectivity index (χ0v) is 6.88. The molecule has 89 valence electrons. The molecular formula is C6H19BN5O3. The second kappa shape index (κ2) is 53.7. The lowest BCUT2D eigenvalue weighted by molar-refractivity contribution is 0.307. The Labute approximate surface area is 90.5 Å². The summed E-state index contributed by atoms with van der Waals surface area (Å²) < 4.78 is 0. The molecule has 15 heavy (non-hydrogen) atoms. The van der Waals surface area contributed by atoms with Crippen molar-refractivity contribution in [1.29, 1.82) is 0 Å². The Morgan fingerprint density at radius 2 is 1.27 bits per heavy atom. The highest BCUT2D eigenvalue weighted by Crippen LogP contribution is 1.55. The number of aliphatic hydroxyl groups is 1. The van der Waals surface area contributed by atoms with Gasteiger partial charge in [0, 0.05) is 6.67 Å². The molecule has 0 aliphatic carbocycles. The van der Waals surface area contributed by atoms with Gasteiger partial charge in [-0.1, -0.05) is 14.9 Å². The summed E-state index contributed by atoms with van der Waals surface area (Å²) in [6.45, 7) is 0. The summed E-state index contributed by atoms with van der Waals surface area (Å²) in [5.74, 6) is 0. The van der Waals surface area contributed by atoms with E-state index in [1.807, 2.05) is 0 Å². The van der Waals surface area contributed by atoms with Crippen LogP contribution in [0.15, 0.2) is 9.81 Å². The molecule has 0 amide bonds. The highest BCUT2D eigenvalue weighted by molar-refractivity contribution is 6.33. The number of nitrogens with zero attached hydrogens (tertiary/aromatic N) is 2. The smallest absolute Gasteiger partial charge is 0.382 e. The van der Waals surface area contributed by atoms with Gasteiger partial charge < -0.3 is 22.3 Å². The van der Waals surface area contributed by atoms with Crippen molar-refractivity contribution >= 4 is 19.7 Å². The molecule has 7 N–H and O–H groups in total. The van der Waals surface area contributed by atoms with Gasteiger partial charge in [0.15, 0.2) is 0 Å². The Balaban J connectivity index is -0.0000000361. The minimum Gasteiger partial charge on any atom is -0.382 e. The zero-order chi connectivity index (χ0) is 10.9. The molecule has 1 radical (unpaired) electrons. The Morgan fingerprint density at radius 3 is 1.40 bits per heavy atom. The summed E-state index contributed by atoms with van der Waals surface area (Å²) >= 11 is 0. The van der Waals surface area contributed by atoms with Gasteiger partial charge in [0.05, 0.1) is 6.73 Å². The average molecular weight is 220 g/mol. The molecule has 0 spiro atoms. The van der Waals surface area contributed by atoms with Crippen LogP contribution in [0.2, 0.25) is 0 Å². The minimum absolute atomic E-state index is 0. The number of carbonyl (C=O) groups excluding carboxylic acids is 2. The first-order chi connectivity index (χ1) is 6.24. The summed E-state index contributed by atoms with van der Waals surface area (Å²) in [4.78, 5) is 23.9. The number of hydrogen-bond acceptors (Lipinski definition) is 8. The van der Waals surface area contributed by atoms with Crippen LogP contribution in [0.25, 0.3) is 0 Å². The summed E-state index contributed by atoms with van der Waals surface area (Å²) in [5.41, 5.74) is 13.7. The molecule has 0 aliphatic rings. The number of hydrogen-bond donors (Lipinski definition) is 4. The van der Waals surface area contributed by atoms with Gasteiger partial charge in [-0.25, -0.2) is 19.4 Å². The van der Waals surface area contributed by atoms with Gasteiger partial charge in [0.1, 0.15) is 0 Å². The van der Waals surface area contributed by atoms with Crippen molar-refractivity contribution in [3.8, 4) is 0 Å². The number of aliphatic hydroxyl groups excluding tert-OH is 1. The normalized spacial score (nSPS) is 4.80. The van der Waals surface area contributed by atoms with E-state index in [0.717, 1.165) is 19.7 Å². The summed E-state index contributed by atoms with van der Waals surface area (Å²) in [6.07, 6.45) is 2.30. The van der Waals surface area contributed by atoms with E-state index in [0.29, 0.717) is 0 Å². The van der Waals surface area contributed by atoms with Crippen LogP contribution in [0.4, 0.5) is 0 Å². The first-order valence-electron chi connectivity index (χ1n) is 2.91. The van der Waals surface area contributed by atoms with Crippen LogP contribution >= 0.6 is 0 Å². The van der Waals surface area contributed by atoms with E-state index < -0.39 is 0 Å². The average Bonchev–Trinajstić information content (AvgIpc) is 2.08. The van der Waals surface area contributed by atoms with Gasteiger partial charge in [-0.05, 0) is 0 Å². The highest BCUT2D eigenvalue weighted by Gasteiger charge is 1.73. The standard InChI is InChI=1S/C2BN2O2.CH6N2.CH5NO.2CH4/c6-1-4-3-5-2-7;2*2-1-3;;/h;1-3H2;3H,1-2H2;2*1H4. The van der Waals surface area contributed by atoms with Gasteiger partial charge in [-0.2, -0.15) is 0 Å². The van der Waals surface area contributed by atoms with Crippen molar-refractivity contribution in [3.63, 3.8) is 0 Å². The van der Waals surface area contributed by atoms with Crippen LogP contribution in [0, 0.1) is 0 Å². The van der Waals surface area contributed by atoms with Crippen LogP contribution in [-0.2, 0) is 9.59 Å². The Morgan fingerprint density at radius 1 is 1.07 bits per heavy atom. The second-order valence-electron chi connectivity index (χ2n) is 0.975. The molecule has 0 unspecified atom stereocenters. The second-order valence-corrected chi connectivity index (χ2v) is 0.975. The van der Waals surface area contributed by atoms with Crippen molar-refractivity contribution in [2.45, 2.75) is 14.9 Å². The first kappa shape index (κ1) is 29.2. The molecule has 8 nitrogen and oxygen atoms in total. The lowest BCUT2D eigenvalue weighted by Gasteiger charge is -1.57. The van der Waals surface area contributed by atoms with Crippen LogP contribution in [0.5, 0.6) is 0 Å². The molecule has 0 aromatic carbocycles. The maximum atomic E-state index is 9.17. The summed E-state index contributed by atoms with van der Waals surface area (Å²) in [6, 6.07) is 0. The van der Waals surface area contributed by atoms with Crippen LogP contribution < -0.4 is 17.2 Å². The molecule has 0 aromatic heterocycles. The summed E-state index contributed by atoms with van der Waals surface area (Å²) in [7, 11) is 0.764. The van der Waals surface area contributed by atoms with Crippen LogP contribution in [-0.4, -0.2) is 38.2 Å². The van der Waals surface area contributed by atoms with E-state index in [1.165, 1.54) is 0 Å². The van der Waals surface area contributed by atoms with Gasteiger partial charge in [0.25, 0.3) is 0 Å². The quantitative estimate of drug-likeness (QED) is 0.186. The number of isocyanates is 2. The first-order valence-corrected chi connectivity index (χ1v) is 2.91. The zero-order valence-electron chi connectivity index (χ0n) is 6.88. The SMILES string of the molecule is C.C.NCN.NCO.O=C=N[B]N=C=O. The van der Waals surface area contributed by atoms with Crippen molar-refractivity contribution < 1.29 is 14.7 Å². The van der Waals surface area contributed by atoms with Gasteiger partial charge >= 0.3 is 7.55 Å². The molecule has 0 aromatic rings. The van der Waals surface area contributed by atoms with Crippen LogP contribution in [0.3, 0.4) is 0 Å². The topological polar surface area (TPSA) is 157 Å². The van der Waals surface area contributed by atoms with E-state index in [-0.39, 0.29) is 28.3 Å². The van der Waals surface area contributed by atoms with Crippen molar-refractivity contribution in [2.75, 3.05) is 13.4 Å². The van der Waals surface area contributed by atoms with E-state index in [1.54, 1.807) is 0 Å². The molecule has 0 heterocycles. The number of nitrogens with two attached hydrogens (primary N) is 3. The Hall–Kier alpha value is -1.34. The van der Waals surface area contributed by atoms with E-state index in [2.05, 4.69) is 27.0 Å². The molecule has 0 atom stereocenters.